The minimum absolute atomic E-state index is 0.829. The summed E-state index contributed by atoms with van der Waals surface area (Å²) in [5, 5.41) is 3.56. The molecule has 1 N–H and O–H groups in total. The number of fused-ring (bicyclic) bond motifs is 1. The Kier molecular flexibility index (Phi) is 4.19. The van der Waals surface area contributed by atoms with Gasteiger partial charge in [0.2, 0.25) is 0 Å². The van der Waals surface area contributed by atoms with Crippen LogP contribution < -0.4 is 5.32 Å². The third-order valence-electron chi connectivity index (χ3n) is 5.00. The fourth-order valence-corrected chi connectivity index (χ4v) is 4.06. The molecule has 0 amide bonds. The molecule has 0 aliphatic carbocycles. The van der Waals surface area contributed by atoms with Gasteiger partial charge in [-0.2, -0.15) is 0 Å². The number of rotatable bonds is 5. The Balaban J connectivity index is 1.50. The average Bonchev–Trinajstić information content (AvgIpc) is 3.00. The summed E-state index contributed by atoms with van der Waals surface area (Å²) >= 11 is 0. The zero-order valence-corrected chi connectivity index (χ0v) is 12.0. The predicted octanol–water partition coefficient (Wildman–Crippen LogP) is 2.55. The molecule has 2 heteroatoms. The first-order valence-electron chi connectivity index (χ1n) is 7.87. The van der Waals surface area contributed by atoms with Gasteiger partial charge in [-0.05, 0) is 56.3 Å². The molecule has 0 spiro atoms. The van der Waals surface area contributed by atoms with Gasteiger partial charge in [-0.1, -0.05) is 37.3 Å². The van der Waals surface area contributed by atoms with E-state index >= 15 is 0 Å². The molecule has 0 bridgehead atoms. The van der Waals surface area contributed by atoms with E-state index in [4.69, 9.17) is 0 Å². The van der Waals surface area contributed by atoms with E-state index in [1.807, 2.05) is 0 Å². The Morgan fingerprint density at radius 3 is 2.84 bits per heavy atom. The summed E-state index contributed by atoms with van der Waals surface area (Å²) in [6.45, 7) is 7.45. The Morgan fingerprint density at radius 1 is 1.21 bits per heavy atom. The number of likely N-dealkylation sites (tertiary alicyclic amines) is 1. The number of benzene rings is 1. The molecule has 104 valence electrons. The predicted molar refractivity (Wildman–Crippen MR) is 80.3 cm³/mol. The fraction of sp³-hybridized carbons (Fsp3) is 0.647. The molecule has 2 nitrogen and oxygen atoms in total. The normalized spacial score (nSPS) is 30.7. The van der Waals surface area contributed by atoms with E-state index in [9.17, 15) is 0 Å². The van der Waals surface area contributed by atoms with Crippen LogP contribution in [0.15, 0.2) is 30.3 Å². The number of aryl methyl sites for hydroxylation is 1. The summed E-state index contributed by atoms with van der Waals surface area (Å²) in [5.41, 5.74) is 1.48. The summed E-state index contributed by atoms with van der Waals surface area (Å²) in [4.78, 5) is 2.76. The van der Waals surface area contributed by atoms with Crippen LogP contribution in [-0.2, 0) is 6.42 Å². The zero-order chi connectivity index (χ0) is 13.1. The maximum Gasteiger partial charge on any atom is 0.0137 e. The largest absolute Gasteiger partial charge is 0.316 e. The lowest BCUT2D eigenvalue weighted by atomic mass is 9.93. The highest BCUT2D eigenvalue weighted by atomic mass is 15.2. The van der Waals surface area contributed by atoms with Crippen LogP contribution in [0.2, 0.25) is 0 Å². The highest BCUT2D eigenvalue weighted by Crippen LogP contribution is 2.34. The van der Waals surface area contributed by atoms with Gasteiger partial charge in [0.25, 0.3) is 0 Å². The first-order chi connectivity index (χ1) is 9.38. The van der Waals surface area contributed by atoms with Crippen LogP contribution in [0.1, 0.15) is 25.3 Å². The summed E-state index contributed by atoms with van der Waals surface area (Å²) < 4.78 is 0. The number of nitrogens with one attached hydrogen (secondary N) is 1. The van der Waals surface area contributed by atoms with Gasteiger partial charge in [0.1, 0.15) is 0 Å². The maximum absolute atomic E-state index is 3.56. The Bertz CT molecular complexity index is 390. The van der Waals surface area contributed by atoms with Gasteiger partial charge >= 0.3 is 0 Å². The van der Waals surface area contributed by atoms with Crippen molar-refractivity contribution in [3.8, 4) is 0 Å². The first kappa shape index (κ1) is 13.1. The van der Waals surface area contributed by atoms with Crippen molar-refractivity contribution in [2.45, 2.75) is 32.2 Å². The molecule has 1 aromatic rings. The molecular formula is C17H26N2. The Morgan fingerprint density at radius 2 is 2.05 bits per heavy atom. The number of hydrogen-bond acceptors (Lipinski definition) is 2. The highest BCUT2D eigenvalue weighted by molar-refractivity contribution is 5.14. The lowest BCUT2D eigenvalue weighted by Crippen LogP contribution is -2.35. The van der Waals surface area contributed by atoms with Crippen molar-refractivity contribution >= 4 is 0 Å². The van der Waals surface area contributed by atoms with E-state index in [-0.39, 0.29) is 0 Å². The van der Waals surface area contributed by atoms with Crippen molar-refractivity contribution in [3.05, 3.63) is 35.9 Å². The summed E-state index contributed by atoms with van der Waals surface area (Å²) in [6.07, 6.45) is 3.84. The second-order valence-corrected chi connectivity index (χ2v) is 6.14. The van der Waals surface area contributed by atoms with E-state index in [0.717, 1.165) is 17.9 Å². The van der Waals surface area contributed by atoms with Crippen LogP contribution in [0.25, 0.3) is 0 Å². The first-order valence-corrected chi connectivity index (χ1v) is 7.87. The van der Waals surface area contributed by atoms with E-state index in [1.54, 1.807) is 0 Å². The third-order valence-corrected chi connectivity index (χ3v) is 5.00. The van der Waals surface area contributed by atoms with Gasteiger partial charge in [0, 0.05) is 12.6 Å². The minimum atomic E-state index is 0.829. The lowest BCUT2D eigenvalue weighted by molar-refractivity contribution is 0.216. The SMILES string of the molecule is CCC1C2CNCC2CN1CCCc1ccccc1. The van der Waals surface area contributed by atoms with Crippen molar-refractivity contribution in [2.24, 2.45) is 11.8 Å². The lowest BCUT2D eigenvalue weighted by Gasteiger charge is -2.26. The quantitative estimate of drug-likeness (QED) is 0.873. The average molecular weight is 258 g/mol. The number of nitrogens with zero attached hydrogens (tertiary/aromatic N) is 1. The molecular weight excluding hydrogens is 232 g/mol. The van der Waals surface area contributed by atoms with E-state index in [2.05, 4.69) is 47.5 Å². The van der Waals surface area contributed by atoms with Crippen LogP contribution >= 0.6 is 0 Å². The summed E-state index contributed by atoms with van der Waals surface area (Å²) in [6, 6.07) is 11.7. The van der Waals surface area contributed by atoms with Gasteiger partial charge in [-0.3, -0.25) is 4.90 Å². The van der Waals surface area contributed by atoms with Gasteiger partial charge in [-0.25, -0.2) is 0 Å². The van der Waals surface area contributed by atoms with Crippen molar-refractivity contribution < 1.29 is 0 Å². The van der Waals surface area contributed by atoms with Crippen LogP contribution in [0.3, 0.4) is 0 Å². The molecule has 3 atom stereocenters. The molecule has 1 aromatic carbocycles. The molecule has 3 rings (SSSR count). The van der Waals surface area contributed by atoms with Gasteiger partial charge in [0.05, 0.1) is 0 Å². The highest BCUT2D eigenvalue weighted by Gasteiger charge is 2.42. The van der Waals surface area contributed by atoms with Crippen LogP contribution in [-0.4, -0.2) is 37.1 Å². The minimum Gasteiger partial charge on any atom is -0.316 e. The molecule has 3 unspecified atom stereocenters. The third kappa shape index (κ3) is 2.85. The molecule has 0 radical (unpaired) electrons. The molecule has 2 heterocycles. The van der Waals surface area contributed by atoms with E-state index in [1.165, 1.54) is 51.0 Å². The molecule has 2 aliphatic rings. The van der Waals surface area contributed by atoms with Crippen LogP contribution in [0, 0.1) is 11.8 Å². The summed E-state index contributed by atoms with van der Waals surface area (Å²) in [7, 11) is 0. The second-order valence-electron chi connectivity index (χ2n) is 6.14. The Labute approximate surface area is 117 Å². The van der Waals surface area contributed by atoms with Crippen molar-refractivity contribution in [1.82, 2.24) is 10.2 Å². The van der Waals surface area contributed by atoms with Crippen molar-refractivity contribution in [2.75, 3.05) is 26.2 Å². The Hall–Kier alpha value is -0.860. The molecule has 19 heavy (non-hydrogen) atoms. The smallest absolute Gasteiger partial charge is 0.0137 e. The topological polar surface area (TPSA) is 15.3 Å². The summed E-state index contributed by atoms with van der Waals surface area (Å²) in [5.74, 6) is 1.84. The van der Waals surface area contributed by atoms with Crippen LogP contribution in [0.5, 0.6) is 0 Å². The standard InChI is InChI=1S/C17H26N2/c1-2-17-16-12-18-11-15(16)13-19(17)10-6-9-14-7-4-3-5-8-14/h3-5,7-8,15-18H,2,6,9-13H2,1H3. The van der Waals surface area contributed by atoms with E-state index in [0.29, 0.717) is 0 Å². The fourth-order valence-electron chi connectivity index (χ4n) is 4.06. The molecule has 0 saturated carbocycles. The molecule has 2 aliphatic heterocycles. The maximum atomic E-state index is 3.56. The van der Waals surface area contributed by atoms with Crippen LogP contribution in [0.4, 0.5) is 0 Å². The zero-order valence-electron chi connectivity index (χ0n) is 12.0. The van der Waals surface area contributed by atoms with E-state index < -0.39 is 0 Å². The van der Waals surface area contributed by atoms with Gasteiger partial charge < -0.3 is 5.32 Å². The monoisotopic (exact) mass is 258 g/mol. The number of hydrogen-bond donors (Lipinski definition) is 1. The molecule has 0 aromatic heterocycles. The second kappa shape index (κ2) is 6.06. The van der Waals surface area contributed by atoms with Crippen molar-refractivity contribution in [3.63, 3.8) is 0 Å². The molecule has 2 fully saturated rings. The van der Waals surface area contributed by atoms with Gasteiger partial charge in [-0.15, -0.1) is 0 Å². The van der Waals surface area contributed by atoms with Crippen molar-refractivity contribution in [1.29, 1.82) is 0 Å². The molecule has 2 saturated heterocycles. The van der Waals surface area contributed by atoms with Gasteiger partial charge in [0.15, 0.2) is 0 Å².